The third kappa shape index (κ3) is 3.95. The van der Waals surface area contributed by atoms with Gasteiger partial charge in [-0.2, -0.15) is 13.2 Å². The van der Waals surface area contributed by atoms with E-state index in [0.29, 0.717) is 18.9 Å². The third-order valence-electron chi connectivity index (χ3n) is 5.91. The summed E-state index contributed by atoms with van der Waals surface area (Å²) < 4.78 is 49.6. The SMILES string of the molecule is COc1cnc(C(F)(F)F)nc1N1CC(OC(=O)N2Cc3nc(C)nc(N4CCC4)c3C2)C1. The highest BCUT2D eigenvalue weighted by atomic mass is 19.4. The van der Waals surface area contributed by atoms with Gasteiger partial charge in [-0.05, 0) is 13.3 Å². The highest BCUT2D eigenvalue weighted by Crippen LogP contribution is 2.35. The van der Waals surface area contributed by atoms with Crippen LogP contribution in [0.2, 0.25) is 0 Å². The fraction of sp³-hybridized carbons (Fsp3) is 0.550. The fourth-order valence-electron chi connectivity index (χ4n) is 4.05. The van der Waals surface area contributed by atoms with Crippen LogP contribution < -0.4 is 14.5 Å². The first kappa shape index (κ1) is 21.5. The van der Waals surface area contributed by atoms with Gasteiger partial charge in [0.15, 0.2) is 11.6 Å². The van der Waals surface area contributed by atoms with Gasteiger partial charge in [0.05, 0.1) is 45.2 Å². The predicted molar refractivity (Wildman–Crippen MR) is 109 cm³/mol. The van der Waals surface area contributed by atoms with Crippen LogP contribution in [0.4, 0.5) is 29.6 Å². The van der Waals surface area contributed by atoms with Crippen LogP contribution in [0.25, 0.3) is 0 Å². The van der Waals surface area contributed by atoms with Crippen molar-refractivity contribution in [2.45, 2.75) is 38.7 Å². The number of methoxy groups -OCH3 is 1. The van der Waals surface area contributed by atoms with Crippen molar-refractivity contribution in [3.05, 3.63) is 29.1 Å². The Balaban J connectivity index is 1.22. The molecule has 2 fully saturated rings. The number of fused-ring (bicyclic) bond motifs is 1. The lowest BCUT2D eigenvalue weighted by molar-refractivity contribution is -0.144. The van der Waals surface area contributed by atoms with Crippen LogP contribution in [-0.2, 0) is 24.0 Å². The van der Waals surface area contributed by atoms with Crippen LogP contribution in [0.1, 0.15) is 29.3 Å². The van der Waals surface area contributed by atoms with E-state index in [2.05, 4.69) is 24.8 Å². The Labute approximate surface area is 187 Å². The van der Waals surface area contributed by atoms with Gasteiger partial charge in [0.25, 0.3) is 0 Å². The van der Waals surface area contributed by atoms with E-state index in [-0.39, 0.29) is 24.7 Å². The second-order valence-electron chi connectivity index (χ2n) is 8.21. The van der Waals surface area contributed by atoms with Crippen LogP contribution in [0.15, 0.2) is 6.20 Å². The lowest BCUT2D eigenvalue weighted by Gasteiger charge is -2.40. The molecule has 0 saturated carbocycles. The number of hydrogen-bond acceptors (Lipinski definition) is 9. The van der Waals surface area contributed by atoms with E-state index in [0.717, 1.165) is 42.8 Å². The molecule has 0 radical (unpaired) electrons. The number of ether oxygens (including phenoxy) is 2. The molecule has 0 spiro atoms. The molecule has 33 heavy (non-hydrogen) atoms. The molecule has 5 rings (SSSR count). The number of carbonyl (C=O) groups excluding carboxylic acids is 1. The van der Waals surface area contributed by atoms with Crippen molar-refractivity contribution in [2.75, 3.05) is 43.1 Å². The van der Waals surface area contributed by atoms with Gasteiger partial charge < -0.3 is 19.3 Å². The van der Waals surface area contributed by atoms with Gasteiger partial charge in [-0.1, -0.05) is 0 Å². The Kier molecular flexibility index (Phi) is 5.13. The summed E-state index contributed by atoms with van der Waals surface area (Å²) in [5.41, 5.74) is 1.76. The predicted octanol–water partition coefficient (Wildman–Crippen LogP) is 2.15. The zero-order valence-electron chi connectivity index (χ0n) is 18.1. The summed E-state index contributed by atoms with van der Waals surface area (Å²) in [6.45, 7) is 4.82. The van der Waals surface area contributed by atoms with E-state index in [1.54, 1.807) is 9.80 Å². The maximum Gasteiger partial charge on any atom is 0.451 e. The molecule has 3 aliphatic rings. The number of amides is 1. The van der Waals surface area contributed by atoms with E-state index in [1.165, 1.54) is 7.11 Å². The number of carbonyl (C=O) groups is 1. The van der Waals surface area contributed by atoms with Crippen molar-refractivity contribution in [2.24, 2.45) is 0 Å². The molecule has 5 heterocycles. The summed E-state index contributed by atoms with van der Waals surface area (Å²) >= 11 is 0. The van der Waals surface area contributed by atoms with E-state index in [9.17, 15) is 18.0 Å². The number of nitrogens with zero attached hydrogens (tertiary/aromatic N) is 7. The van der Waals surface area contributed by atoms with Crippen molar-refractivity contribution in [1.29, 1.82) is 0 Å². The van der Waals surface area contributed by atoms with Gasteiger partial charge in [-0.25, -0.2) is 24.7 Å². The summed E-state index contributed by atoms with van der Waals surface area (Å²) in [5.74, 6) is 0.437. The first-order chi connectivity index (χ1) is 15.7. The average molecular weight is 465 g/mol. The molecule has 1 amide bonds. The van der Waals surface area contributed by atoms with Crippen LogP contribution >= 0.6 is 0 Å². The molecular weight excluding hydrogens is 443 g/mol. The number of rotatable bonds is 4. The first-order valence-corrected chi connectivity index (χ1v) is 10.5. The van der Waals surface area contributed by atoms with Gasteiger partial charge in [-0.3, -0.25) is 4.90 Å². The van der Waals surface area contributed by atoms with E-state index < -0.39 is 24.2 Å². The summed E-state index contributed by atoms with van der Waals surface area (Å²) in [4.78, 5) is 34.0. The molecule has 2 aromatic rings. The normalized spacial score (nSPS) is 18.0. The minimum atomic E-state index is -4.67. The molecule has 3 aliphatic heterocycles. The Morgan fingerprint density at radius 2 is 1.85 bits per heavy atom. The Morgan fingerprint density at radius 1 is 1.09 bits per heavy atom. The van der Waals surface area contributed by atoms with E-state index in [1.807, 2.05) is 6.92 Å². The molecule has 10 nitrogen and oxygen atoms in total. The van der Waals surface area contributed by atoms with Gasteiger partial charge in [0.2, 0.25) is 5.82 Å². The molecule has 13 heteroatoms. The summed E-state index contributed by atoms with van der Waals surface area (Å²) in [6, 6.07) is 0. The van der Waals surface area contributed by atoms with Crippen molar-refractivity contribution in [3.8, 4) is 5.75 Å². The molecule has 0 bridgehead atoms. The van der Waals surface area contributed by atoms with Crippen LogP contribution in [0, 0.1) is 6.92 Å². The smallest absolute Gasteiger partial charge is 0.451 e. The molecule has 0 atom stereocenters. The van der Waals surface area contributed by atoms with E-state index in [4.69, 9.17) is 9.47 Å². The zero-order chi connectivity index (χ0) is 23.3. The minimum Gasteiger partial charge on any atom is -0.491 e. The average Bonchev–Trinajstić information content (AvgIpc) is 3.12. The molecular formula is C20H22F3N7O3. The van der Waals surface area contributed by atoms with Gasteiger partial charge in [0, 0.05) is 18.7 Å². The minimum absolute atomic E-state index is 0.0191. The first-order valence-electron chi connectivity index (χ1n) is 10.5. The van der Waals surface area contributed by atoms with Gasteiger partial charge in [0.1, 0.15) is 17.7 Å². The Morgan fingerprint density at radius 3 is 2.48 bits per heavy atom. The maximum atomic E-state index is 13.0. The molecule has 0 unspecified atom stereocenters. The molecule has 176 valence electrons. The molecule has 0 aromatic carbocycles. The Bertz CT molecular complexity index is 1090. The quantitative estimate of drug-likeness (QED) is 0.673. The highest BCUT2D eigenvalue weighted by molar-refractivity contribution is 5.70. The Hall–Kier alpha value is -3.38. The van der Waals surface area contributed by atoms with Crippen LogP contribution in [0.3, 0.4) is 0 Å². The number of halogens is 3. The summed E-state index contributed by atoms with van der Waals surface area (Å²) in [6.07, 6.45) is -3.53. The van der Waals surface area contributed by atoms with Crippen molar-refractivity contribution < 1.29 is 27.4 Å². The lowest BCUT2D eigenvalue weighted by Crippen LogP contribution is -2.54. The lowest BCUT2D eigenvalue weighted by atomic mass is 10.1. The second kappa shape index (κ2) is 7.89. The summed E-state index contributed by atoms with van der Waals surface area (Å²) in [7, 11) is 1.33. The van der Waals surface area contributed by atoms with Crippen LogP contribution in [0.5, 0.6) is 5.75 Å². The molecule has 2 saturated heterocycles. The fourth-order valence-corrected chi connectivity index (χ4v) is 4.05. The van der Waals surface area contributed by atoms with Crippen molar-refractivity contribution in [3.63, 3.8) is 0 Å². The third-order valence-corrected chi connectivity index (χ3v) is 5.91. The summed E-state index contributed by atoms with van der Waals surface area (Å²) in [5, 5.41) is 0. The molecule has 0 aliphatic carbocycles. The van der Waals surface area contributed by atoms with E-state index >= 15 is 0 Å². The number of aryl methyl sites for hydroxylation is 1. The standard InChI is InChI=1S/C20H22F3N7O3/c1-11-25-14-10-30(9-13(14)16(26-11)28-4-3-5-28)19(31)33-12-7-29(8-12)17-15(32-2)6-24-18(27-17)20(21,22)23/h6,12H,3-5,7-10H2,1-2H3. The monoisotopic (exact) mass is 465 g/mol. The number of aromatic nitrogens is 4. The van der Waals surface area contributed by atoms with Gasteiger partial charge in [-0.15, -0.1) is 0 Å². The maximum absolute atomic E-state index is 13.0. The van der Waals surface area contributed by atoms with Crippen molar-refractivity contribution in [1.82, 2.24) is 24.8 Å². The number of hydrogen-bond donors (Lipinski definition) is 0. The van der Waals surface area contributed by atoms with Crippen molar-refractivity contribution >= 4 is 17.7 Å². The molecule has 0 N–H and O–H groups in total. The highest BCUT2D eigenvalue weighted by Gasteiger charge is 2.40. The number of anilines is 2. The second-order valence-corrected chi connectivity index (χ2v) is 8.21. The van der Waals surface area contributed by atoms with Crippen LogP contribution in [-0.4, -0.2) is 70.3 Å². The molecule has 2 aromatic heterocycles. The zero-order valence-corrected chi connectivity index (χ0v) is 18.1. The topological polar surface area (TPSA) is 96.8 Å². The largest absolute Gasteiger partial charge is 0.491 e. The van der Waals surface area contributed by atoms with Gasteiger partial charge >= 0.3 is 12.3 Å². The number of alkyl halides is 3.